The van der Waals surface area contributed by atoms with E-state index in [1.165, 1.54) is 13.2 Å². The van der Waals surface area contributed by atoms with E-state index >= 15 is 0 Å². The number of ether oxygens (including phenoxy) is 2. The molecule has 2 heterocycles. The van der Waals surface area contributed by atoms with Gasteiger partial charge in [-0.15, -0.1) is 0 Å². The highest BCUT2D eigenvalue weighted by Gasteiger charge is 2.31. The number of carbonyl (C=O) groups excluding carboxylic acids is 1. The van der Waals surface area contributed by atoms with Gasteiger partial charge >= 0.3 is 0 Å². The Kier molecular flexibility index (Phi) is 4.42. The van der Waals surface area contributed by atoms with Crippen LogP contribution in [0.3, 0.4) is 0 Å². The molecule has 1 aromatic heterocycles. The Bertz CT molecular complexity index is 430. The fourth-order valence-electron chi connectivity index (χ4n) is 2.38. The Hall–Kier alpha value is -1.56. The number of nitrogens with one attached hydrogen (secondary N) is 1. The van der Waals surface area contributed by atoms with Crippen molar-refractivity contribution in [3.8, 4) is 5.88 Å². The number of aromatic nitrogens is 1. The van der Waals surface area contributed by atoms with Crippen LogP contribution >= 0.6 is 0 Å². The summed E-state index contributed by atoms with van der Waals surface area (Å²) >= 11 is 0. The standard InChI is InChI=1S/C13H20N2O4/c1-8(2)12-9(4-5-18-12)7-14-13(16)10-6-11(17-3)15-19-10/h6,8-9,12H,4-5,7H2,1-3H3,(H,14,16)/t9-,12-/m0/s1. The molecule has 1 saturated heterocycles. The molecule has 1 N–H and O–H groups in total. The lowest BCUT2D eigenvalue weighted by Gasteiger charge is -2.21. The van der Waals surface area contributed by atoms with Crippen LogP contribution in [0.1, 0.15) is 30.8 Å². The van der Waals surface area contributed by atoms with Gasteiger partial charge in [-0.1, -0.05) is 13.8 Å². The number of hydrogen-bond donors (Lipinski definition) is 1. The summed E-state index contributed by atoms with van der Waals surface area (Å²) in [6.45, 7) is 5.61. The van der Waals surface area contributed by atoms with E-state index in [-0.39, 0.29) is 17.8 Å². The second kappa shape index (κ2) is 6.06. The summed E-state index contributed by atoms with van der Waals surface area (Å²) in [6.07, 6.45) is 1.19. The van der Waals surface area contributed by atoms with E-state index in [1.54, 1.807) is 0 Å². The molecule has 2 atom stereocenters. The van der Waals surface area contributed by atoms with Crippen molar-refractivity contribution in [2.75, 3.05) is 20.3 Å². The SMILES string of the molecule is COc1cc(C(=O)NC[C@@H]2CCO[C@H]2C(C)C)on1. The molecule has 0 bridgehead atoms. The number of nitrogens with zero attached hydrogens (tertiary/aromatic N) is 1. The molecule has 0 aliphatic carbocycles. The minimum absolute atomic E-state index is 0.164. The summed E-state index contributed by atoms with van der Waals surface area (Å²) in [4.78, 5) is 11.9. The fraction of sp³-hybridized carbons (Fsp3) is 0.692. The lowest BCUT2D eigenvalue weighted by atomic mass is 9.93. The third-order valence-corrected chi connectivity index (χ3v) is 3.37. The van der Waals surface area contributed by atoms with E-state index in [4.69, 9.17) is 14.0 Å². The van der Waals surface area contributed by atoms with Crippen LogP contribution in [0.2, 0.25) is 0 Å². The molecule has 0 unspecified atom stereocenters. The van der Waals surface area contributed by atoms with Gasteiger partial charge in [0.2, 0.25) is 5.76 Å². The number of methoxy groups -OCH3 is 1. The summed E-state index contributed by atoms with van der Waals surface area (Å²) in [7, 11) is 1.47. The van der Waals surface area contributed by atoms with Crippen LogP contribution < -0.4 is 10.1 Å². The lowest BCUT2D eigenvalue weighted by Crippen LogP contribution is -2.34. The van der Waals surface area contributed by atoms with E-state index in [9.17, 15) is 4.79 Å². The number of hydrogen-bond acceptors (Lipinski definition) is 5. The van der Waals surface area contributed by atoms with Crippen molar-refractivity contribution in [2.45, 2.75) is 26.4 Å². The zero-order valence-electron chi connectivity index (χ0n) is 11.5. The third kappa shape index (κ3) is 3.26. The molecule has 0 radical (unpaired) electrons. The van der Waals surface area contributed by atoms with Crippen LogP contribution in [0, 0.1) is 11.8 Å². The zero-order valence-corrected chi connectivity index (χ0v) is 11.5. The Morgan fingerprint density at radius 1 is 1.63 bits per heavy atom. The molecular weight excluding hydrogens is 248 g/mol. The van der Waals surface area contributed by atoms with Crippen LogP contribution in [0.4, 0.5) is 0 Å². The molecule has 106 valence electrons. The van der Waals surface area contributed by atoms with E-state index in [2.05, 4.69) is 24.3 Å². The van der Waals surface area contributed by atoms with Crippen molar-refractivity contribution < 1.29 is 18.8 Å². The number of carbonyl (C=O) groups is 1. The molecule has 0 aromatic carbocycles. The second-order valence-electron chi connectivity index (χ2n) is 5.07. The first-order valence-electron chi connectivity index (χ1n) is 6.52. The highest BCUT2D eigenvalue weighted by atomic mass is 16.5. The molecule has 1 amide bonds. The summed E-state index contributed by atoms with van der Waals surface area (Å²) in [6, 6.07) is 1.47. The van der Waals surface area contributed by atoms with E-state index < -0.39 is 0 Å². The highest BCUT2D eigenvalue weighted by molar-refractivity contribution is 5.91. The minimum atomic E-state index is -0.273. The Labute approximate surface area is 112 Å². The first kappa shape index (κ1) is 13.9. The van der Waals surface area contributed by atoms with Gasteiger partial charge in [-0.05, 0) is 17.5 Å². The molecule has 1 aliphatic rings. The first-order valence-corrected chi connectivity index (χ1v) is 6.52. The van der Waals surface area contributed by atoms with Crippen molar-refractivity contribution >= 4 is 5.91 Å². The molecule has 0 spiro atoms. The summed E-state index contributed by atoms with van der Waals surface area (Å²) < 4.78 is 15.4. The third-order valence-electron chi connectivity index (χ3n) is 3.37. The fourth-order valence-corrected chi connectivity index (χ4v) is 2.38. The average molecular weight is 268 g/mol. The van der Waals surface area contributed by atoms with Gasteiger partial charge < -0.3 is 19.3 Å². The van der Waals surface area contributed by atoms with Gasteiger partial charge in [-0.25, -0.2) is 0 Å². The average Bonchev–Trinajstić information content (AvgIpc) is 3.04. The van der Waals surface area contributed by atoms with Crippen LogP contribution in [0.15, 0.2) is 10.6 Å². The number of rotatable bonds is 5. The van der Waals surface area contributed by atoms with Crippen molar-refractivity contribution in [3.63, 3.8) is 0 Å². The zero-order chi connectivity index (χ0) is 13.8. The Balaban J connectivity index is 1.86. The largest absolute Gasteiger partial charge is 0.479 e. The predicted octanol–water partition coefficient (Wildman–Crippen LogP) is 1.47. The van der Waals surface area contributed by atoms with Crippen LogP contribution in [-0.4, -0.2) is 37.4 Å². The molecule has 1 fully saturated rings. The van der Waals surface area contributed by atoms with Gasteiger partial charge in [0.1, 0.15) is 0 Å². The molecule has 6 heteroatoms. The maximum Gasteiger partial charge on any atom is 0.290 e. The smallest absolute Gasteiger partial charge is 0.290 e. The molecular formula is C13H20N2O4. The maximum absolute atomic E-state index is 11.9. The van der Waals surface area contributed by atoms with Crippen molar-refractivity contribution in [1.29, 1.82) is 0 Å². The molecule has 1 aliphatic heterocycles. The predicted molar refractivity (Wildman–Crippen MR) is 68.1 cm³/mol. The molecule has 19 heavy (non-hydrogen) atoms. The van der Waals surface area contributed by atoms with Crippen LogP contribution in [0.25, 0.3) is 0 Å². The van der Waals surface area contributed by atoms with Crippen molar-refractivity contribution in [3.05, 3.63) is 11.8 Å². The summed E-state index contributed by atoms with van der Waals surface area (Å²) in [5.41, 5.74) is 0. The summed E-state index contributed by atoms with van der Waals surface area (Å²) in [5, 5.41) is 6.45. The molecule has 1 aromatic rings. The Morgan fingerprint density at radius 2 is 2.42 bits per heavy atom. The van der Waals surface area contributed by atoms with Crippen LogP contribution in [0.5, 0.6) is 5.88 Å². The topological polar surface area (TPSA) is 73.6 Å². The normalized spacial score (nSPS) is 22.7. The number of amides is 1. The minimum Gasteiger partial charge on any atom is -0.479 e. The summed E-state index contributed by atoms with van der Waals surface area (Å²) in [5.74, 6) is 1.00. The highest BCUT2D eigenvalue weighted by Crippen LogP contribution is 2.26. The van der Waals surface area contributed by atoms with Gasteiger partial charge in [0.25, 0.3) is 11.8 Å². The van der Waals surface area contributed by atoms with Gasteiger partial charge in [-0.3, -0.25) is 4.79 Å². The monoisotopic (exact) mass is 268 g/mol. The molecule has 0 saturated carbocycles. The maximum atomic E-state index is 11.9. The van der Waals surface area contributed by atoms with E-state index in [0.717, 1.165) is 13.0 Å². The quantitative estimate of drug-likeness (QED) is 0.875. The van der Waals surface area contributed by atoms with Gasteiger partial charge in [0, 0.05) is 19.1 Å². The first-order chi connectivity index (χ1) is 9.11. The van der Waals surface area contributed by atoms with Crippen molar-refractivity contribution in [2.24, 2.45) is 11.8 Å². The van der Waals surface area contributed by atoms with Gasteiger partial charge in [0.05, 0.1) is 19.3 Å². The van der Waals surface area contributed by atoms with E-state index in [0.29, 0.717) is 24.3 Å². The van der Waals surface area contributed by atoms with E-state index in [1.807, 2.05) is 0 Å². The Morgan fingerprint density at radius 3 is 3.05 bits per heavy atom. The second-order valence-corrected chi connectivity index (χ2v) is 5.07. The van der Waals surface area contributed by atoms with Gasteiger partial charge in [0.15, 0.2) is 0 Å². The van der Waals surface area contributed by atoms with Crippen molar-refractivity contribution in [1.82, 2.24) is 10.5 Å². The van der Waals surface area contributed by atoms with Crippen LogP contribution in [-0.2, 0) is 4.74 Å². The van der Waals surface area contributed by atoms with Gasteiger partial charge in [-0.2, -0.15) is 0 Å². The lowest BCUT2D eigenvalue weighted by molar-refractivity contribution is 0.0531. The molecule has 2 rings (SSSR count). The molecule has 6 nitrogen and oxygen atoms in total.